The van der Waals surface area contributed by atoms with Gasteiger partial charge in [-0.3, -0.25) is 20.0 Å². The number of ketones is 1. The molecule has 9 nitrogen and oxygen atoms in total. The van der Waals surface area contributed by atoms with Crippen LogP contribution in [0.2, 0.25) is 0 Å². The van der Waals surface area contributed by atoms with Crippen LogP contribution in [0.15, 0.2) is 101 Å². The minimum absolute atomic E-state index is 0.0287. The number of rotatable bonds is 19. The Kier molecular flexibility index (Phi) is 12.7. The van der Waals surface area contributed by atoms with Gasteiger partial charge in [0.25, 0.3) is 0 Å². The predicted molar refractivity (Wildman–Crippen MR) is 188 cm³/mol. The number of nitrogens with one attached hydrogen (secondary N) is 2. The van der Waals surface area contributed by atoms with E-state index in [2.05, 4.69) is 65.0 Å². The molecule has 0 saturated carbocycles. The monoisotopic (exact) mass is 653 g/mol. The quantitative estimate of drug-likeness (QED) is 0.108. The number of aromatic hydroxyl groups is 1. The van der Waals surface area contributed by atoms with Gasteiger partial charge < -0.3 is 25.8 Å². The minimum atomic E-state index is -0.837. The van der Waals surface area contributed by atoms with Gasteiger partial charge in [-0.25, -0.2) is 0 Å². The largest absolute Gasteiger partial charge is 0.504 e. The van der Waals surface area contributed by atoms with E-state index in [0.717, 1.165) is 58.7 Å². The molecular weight excluding hydrogens is 604 g/mol. The van der Waals surface area contributed by atoms with E-state index in [-0.39, 0.29) is 37.0 Å². The van der Waals surface area contributed by atoms with E-state index in [1.165, 1.54) is 11.1 Å². The van der Waals surface area contributed by atoms with Gasteiger partial charge in [-0.1, -0.05) is 74.0 Å². The number of hydrogen-bond acceptors (Lipinski definition) is 8. The summed E-state index contributed by atoms with van der Waals surface area (Å²) < 4.78 is 6.04. The number of benzene rings is 3. The number of allylic oxidation sites excluding steroid dienone is 1. The number of phenolic OH excluding ortho intramolecular Hbond substituents is 1. The second-order valence-corrected chi connectivity index (χ2v) is 12.9. The Labute approximate surface area is 283 Å². The number of aliphatic imine (C=N–C) groups is 1. The van der Waals surface area contributed by atoms with Crippen LogP contribution in [0.3, 0.4) is 0 Å². The molecule has 0 bridgehead atoms. The minimum Gasteiger partial charge on any atom is -0.504 e. The van der Waals surface area contributed by atoms with Crippen LogP contribution in [0.5, 0.6) is 11.5 Å². The zero-order chi connectivity index (χ0) is 33.9. The summed E-state index contributed by atoms with van der Waals surface area (Å²) >= 11 is 0. The van der Waals surface area contributed by atoms with E-state index >= 15 is 0 Å². The molecule has 0 spiro atoms. The third-order valence-corrected chi connectivity index (χ3v) is 8.86. The van der Waals surface area contributed by atoms with E-state index in [0.29, 0.717) is 31.9 Å². The van der Waals surface area contributed by atoms with Crippen molar-refractivity contribution in [3.05, 3.63) is 119 Å². The number of quaternary nitrogens is 1. The fourth-order valence-electron chi connectivity index (χ4n) is 6.25. The summed E-state index contributed by atoms with van der Waals surface area (Å²) in [5, 5.41) is 33.9. The number of fused-ring (bicyclic) bond motifs is 1. The topological polar surface area (TPSA) is 142 Å². The van der Waals surface area contributed by atoms with Gasteiger partial charge in [0.2, 0.25) is 6.73 Å². The Morgan fingerprint density at radius 3 is 2.62 bits per heavy atom. The average Bonchev–Trinajstić information content (AvgIpc) is 3.65. The lowest BCUT2D eigenvalue weighted by Crippen LogP contribution is -3.07. The molecule has 0 radical (unpaired) electrons. The SMILES string of the molecule is CCCC(O)CC(O)CC(=O)CCc1ccc(O)c(OC[NH+]2C=C3C(Cc4cccc(C(N)NCCc5ccccc5)c4)=CN=C3C2)c1. The Bertz CT molecular complexity index is 1620. The molecule has 2 heterocycles. The molecule has 254 valence electrons. The van der Waals surface area contributed by atoms with E-state index in [4.69, 9.17) is 10.5 Å². The van der Waals surface area contributed by atoms with Crippen LogP contribution in [0, 0.1) is 0 Å². The standard InChI is InChI=1S/C39H48N4O5/c1-2-7-32(44)21-34(46)22-33(45)14-12-28-13-15-37(47)38(20-28)48-26-43-24-35-31(23-42-36(35)25-43)19-29-10-6-11-30(18-29)39(40)41-17-16-27-8-4-3-5-9-27/h3-6,8-11,13,15,18,20,23-24,32,34,39,41,44,46-47H,2,7,12,14,16-17,19,21-22,25-26,40H2,1H3/p+1. The summed E-state index contributed by atoms with van der Waals surface area (Å²) in [6.07, 6.45) is 6.51. The summed E-state index contributed by atoms with van der Waals surface area (Å²) in [4.78, 5) is 18.2. The summed E-state index contributed by atoms with van der Waals surface area (Å²) in [7, 11) is 0. The summed E-state index contributed by atoms with van der Waals surface area (Å²) in [5.41, 5.74) is 14.2. The highest BCUT2D eigenvalue weighted by Gasteiger charge is 2.30. The normalized spacial score (nSPS) is 17.2. The second-order valence-electron chi connectivity index (χ2n) is 12.9. The zero-order valence-electron chi connectivity index (χ0n) is 27.8. The second kappa shape index (κ2) is 17.3. The summed E-state index contributed by atoms with van der Waals surface area (Å²) in [6.45, 7) is 3.77. The fourth-order valence-corrected chi connectivity index (χ4v) is 6.25. The maximum absolute atomic E-state index is 12.4. The highest BCUT2D eigenvalue weighted by Crippen LogP contribution is 2.28. The fraction of sp³-hybridized carbons (Fsp3) is 0.385. The van der Waals surface area contributed by atoms with E-state index in [1.807, 2.05) is 19.2 Å². The number of aliphatic hydroxyl groups excluding tert-OH is 2. The van der Waals surface area contributed by atoms with Gasteiger partial charge in [0.1, 0.15) is 24.2 Å². The zero-order valence-corrected chi connectivity index (χ0v) is 27.8. The molecule has 0 aromatic heterocycles. The molecule has 0 aliphatic carbocycles. The number of nitrogens with zero attached hydrogens (tertiary/aromatic N) is 1. The Morgan fingerprint density at radius 2 is 1.81 bits per heavy atom. The molecule has 0 amide bonds. The molecule has 2 aliphatic rings. The van der Waals surface area contributed by atoms with E-state index in [9.17, 15) is 20.1 Å². The van der Waals surface area contributed by atoms with E-state index < -0.39 is 12.2 Å². The van der Waals surface area contributed by atoms with Crippen molar-refractivity contribution in [2.24, 2.45) is 10.7 Å². The molecular formula is C39H49N4O5+. The van der Waals surface area contributed by atoms with Gasteiger partial charge in [-0.15, -0.1) is 0 Å². The Hall–Kier alpha value is -4.12. The molecule has 0 saturated heterocycles. The van der Waals surface area contributed by atoms with Gasteiger partial charge in [0, 0.05) is 25.6 Å². The number of phenols is 1. The van der Waals surface area contributed by atoms with Crippen LogP contribution in [0.1, 0.15) is 67.4 Å². The Balaban J connectivity index is 1.09. The molecule has 4 unspecified atom stereocenters. The number of ether oxygens (including phenoxy) is 1. The predicted octanol–water partition coefficient (Wildman–Crippen LogP) is 3.69. The van der Waals surface area contributed by atoms with Gasteiger partial charge >= 0.3 is 0 Å². The van der Waals surface area contributed by atoms with Gasteiger partial charge in [-0.2, -0.15) is 0 Å². The van der Waals surface area contributed by atoms with Crippen molar-refractivity contribution in [2.45, 2.75) is 76.7 Å². The first-order chi connectivity index (χ1) is 23.3. The lowest BCUT2D eigenvalue weighted by molar-refractivity contribution is -0.851. The molecule has 9 heteroatoms. The molecule has 2 aliphatic heterocycles. The van der Waals surface area contributed by atoms with Gasteiger partial charge in [0.15, 0.2) is 11.5 Å². The number of nitrogens with two attached hydrogens (primary N) is 1. The highest BCUT2D eigenvalue weighted by atomic mass is 16.5. The van der Waals surface area contributed by atoms with Crippen molar-refractivity contribution >= 4 is 11.5 Å². The molecule has 3 aromatic rings. The first kappa shape index (κ1) is 35.2. The molecule has 5 rings (SSSR count). The number of carbonyl (C=O) groups is 1. The molecule has 0 fully saturated rings. The maximum Gasteiger partial charge on any atom is 0.227 e. The third kappa shape index (κ3) is 10.2. The first-order valence-corrected chi connectivity index (χ1v) is 17.0. The van der Waals surface area contributed by atoms with Crippen LogP contribution >= 0.6 is 0 Å². The van der Waals surface area contributed by atoms with Crippen molar-refractivity contribution in [1.29, 1.82) is 0 Å². The van der Waals surface area contributed by atoms with Crippen molar-refractivity contribution in [3.8, 4) is 11.5 Å². The van der Waals surface area contributed by atoms with Crippen molar-refractivity contribution in [3.63, 3.8) is 0 Å². The number of aliphatic hydroxyl groups is 2. The van der Waals surface area contributed by atoms with Gasteiger partial charge in [-0.05, 0) is 72.1 Å². The molecule has 7 N–H and O–H groups in total. The number of hydrogen-bond donors (Lipinski definition) is 6. The summed E-state index contributed by atoms with van der Waals surface area (Å²) in [5.74, 6) is 0.354. The van der Waals surface area contributed by atoms with Crippen molar-refractivity contribution in [1.82, 2.24) is 5.32 Å². The molecule has 4 atom stereocenters. The lowest BCUT2D eigenvalue weighted by atomic mass is 9.97. The van der Waals surface area contributed by atoms with Crippen LogP contribution in [-0.2, 0) is 24.1 Å². The highest BCUT2D eigenvalue weighted by molar-refractivity contribution is 6.08. The lowest BCUT2D eigenvalue weighted by Gasteiger charge is -2.15. The van der Waals surface area contributed by atoms with Crippen LogP contribution in [0.4, 0.5) is 0 Å². The van der Waals surface area contributed by atoms with E-state index in [1.54, 1.807) is 18.2 Å². The first-order valence-electron chi connectivity index (χ1n) is 17.0. The molecule has 3 aromatic carbocycles. The number of carbonyl (C=O) groups excluding carboxylic acids is 1. The number of aryl methyl sites for hydroxylation is 1. The third-order valence-electron chi connectivity index (χ3n) is 8.86. The number of Topliss-reactive ketones (excluding diaryl/α,β-unsaturated/α-hetero) is 1. The summed E-state index contributed by atoms with van der Waals surface area (Å²) in [6, 6.07) is 23.9. The van der Waals surface area contributed by atoms with Gasteiger partial charge in [0.05, 0.1) is 23.9 Å². The van der Waals surface area contributed by atoms with Crippen molar-refractivity contribution < 1.29 is 29.8 Å². The Morgan fingerprint density at radius 1 is 1.00 bits per heavy atom. The van der Waals surface area contributed by atoms with Crippen LogP contribution in [0.25, 0.3) is 0 Å². The maximum atomic E-state index is 12.4. The van der Waals surface area contributed by atoms with Crippen LogP contribution in [-0.4, -0.2) is 58.8 Å². The van der Waals surface area contributed by atoms with Crippen LogP contribution < -0.4 is 20.7 Å². The van der Waals surface area contributed by atoms with Crippen molar-refractivity contribution in [2.75, 3.05) is 19.8 Å². The smallest absolute Gasteiger partial charge is 0.227 e. The molecule has 48 heavy (non-hydrogen) atoms. The average molecular weight is 654 g/mol.